The number of carbonyl (C=O) groups is 1. The van der Waals surface area contributed by atoms with Crippen LogP contribution in [0.3, 0.4) is 0 Å². The first-order valence-electron chi connectivity index (χ1n) is 7.80. The van der Waals surface area contributed by atoms with Crippen molar-refractivity contribution in [3.05, 3.63) is 0 Å². The molecule has 3 aliphatic rings. The number of rotatable bonds is 3. The summed E-state index contributed by atoms with van der Waals surface area (Å²) in [6, 6.07) is 1.87. The Balaban J connectivity index is 1.80. The second-order valence-corrected chi connectivity index (χ2v) is 6.66. The van der Waals surface area contributed by atoms with Crippen LogP contribution in [-0.2, 0) is 4.79 Å². The summed E-state index contributed by atoms with van der Waals surface area (Å²) >= 11 is 0. The maximum absolute atomic E-state index is 11.8. The Morgan fingerprint density at radius 3 is 2.42 bits per heavy atom. The minimum Gasteiger partial charge on any atom is -0.480 e. The molecule has 1 N–H and O–H groups in total. The fraction of sp³-hybridized carbons (Fsp3) is 0.933. The number of hydrogen-bond acceptors (Lipinski definition) is 3. The van der Waals surface area contributed by atoms with Gasteiger partial charge in [0.1, 0.15) is 5.54 Å². The van der Waals surface area contributed by atoms with Gasteiger partial charge in [0.2, 0.25) is 0 Å². The third kappa shape index (κ3) is 1.91. The van der Waals surface area contributed by atoms with Crippen molar-refractivity contribution in [2.24, 2.45) is 0 Å². The average Bonchev–Trinajstić information content (AvgIpc) is 2.89. The lowest BCUT2D eigenvalue weighted by Gasteiger charge is -2.45. The Bertz CT molecular complexity index is 359. The molecule has 3 unspecified atom stereocenters. The normalized spacial score (nSPS) is 43.8. The molecular formula is C15H26N2O2. The topological polar surface area (TPSA) is 43.8 Å². The molecule has 2 bridgehead atoms. The van der Waals surface area contributed by atoms with Gasteiger partial charge in [-0.3, -0.25) is 9.69 Å². The molecule has 4 nitrogen and oxygen atoms in total. The van der Waals surface area contributed by atoms with Crippen LogP contribution in [0.2, 0.25) is 0 Å². The molecule has 0 aliphatic carbocycles. The van der Waals surface area contributed by atoms with Gasteiger partial charge >= 0.3 is 5.97 Å². The lowest BCUT2D eigenvalue weighted by atomic mass is 9.88. The first-order chi connectivity index (χ1) is 9.08. The molecule has 0 aromatic carbocycles. The Kier molecular flexibility index (Phi) is 3.34. The minimum atomic E-state index is -0.598. The molecule has 3 rings (SSSR count). The van der Waals surface area contributed by atoms with Crippen LogP contribution in [0.4, 0.5) is 0 Å². The predicted octanol–water partition coefficient (Wildman–Crippen LogP) is 1.94. The first kappa shape index (κ1) is 13.4. The quantitative estimate of drug-likeness (QED) is 0.848. The van der Waals surface area contributed by atoms with E-state index in [0.29, 0.717) is 18.1 Å². The zero-order valence-corrected chi connectivity index (χ0v) is 12.1. The largest absolute Gasteiger partial charge is 0.480 e. The molecule has 3 aliphatic heterocycles. The highest BCUT2D eigenvalue weighted by atomic mass is 16.4. The van der Waals surface area contributed by atoms with E-state index in [1.54, 1.807) is 0 Å². The molecule has 0 amide bonds. The van der Waals surface area contributed by atoms with Gasteiger partial charge in [-0.25, -0.2) is 0 Å². The van der Waals surface area contributed by atoms with Gasteiger partial charge in [0.25, 0.3) is 0 Å². The molecule has 3 saturated heterocycles. The molecule has 3 atom stereocenters. The van der Waals surface area contributed by atoms with E-state index in [-0.39, 0.29) is 0 Å². The number of carboxylic acid groups (broad SMARTS) is 1. The molecule has 3 heterocycles. The lowest BCUT2D eigenvalue weighted by molar-refractivity contribution is -0.152. The number of hydrogen-bond donors (Lipinski definition) is 1. The molecule has 0 spiro atoms. The SMILES string of the molecule is CCC1(C(=O)O)CCCN1C1CC2CCC(C1)N2C. The second kappa shape index (κ2) is 4.74. The van der Waals surface area contributed by atoms with Crippen LogP contribution >= 0.6 is 0 Å². The van der Waals surface area contributed by atoms with Crippen molar-refractivity contribution in [3.63, 3.8) is 0 Å². The van der Waals surface area contributed by atoms with Crippen LogP contribution in [0.25, 0.3) is 0 Å². The van der Waals surface area contributed by atoms with Gasteiger partial charge in [-0.05, 0) is 58.5 Å². The van der Waals surface area contributed by atoms with Crippen molar-refractivity contribution in [2.45, 2.75) is 75.5 Å². The average molecular weight is 266 g/mol. The van der Waals surface area contributed by atoms with Gasteiger partial charge < -0.3 is 10.0 Å². The summed E-state index contributed by atoms with van der Waals surface area (Å²) in [6.07, 6.45) is 7.56. The highest BCUT2D eigenvalue weighted by Gasteiger charge is 2.51. The van der Waals surface area contributed by atoms with Gasteiger partial charge in [0.15, 0.2) is 0 Å². The van der Waals surface area contributed by atoms with E-state index in [4.69, 9.17) is 0 Å². The van der Waals surface area contributed by atoms with Crippen LogP contribution in [0, 0.1) is 0 Å². The van der Waals surface area contributed by atoms with Crippen molar-refractivity contribution >= 4 is 5.97 Å². The van der Waals surface area contributed by atoms with Gasteiger partial charge in [-0.1, -0.05) is 6.92 Å². The summed E-state index contributed by atoms with van der Waals surface area (Å²) in [5, 5.41) is 9.71. The second-order valence-electron chi connectivity index (χ2n) is 6.66. The Hall–Kier alpha value is -0.610. The summed E-state index contributed by atoms with van der Waals surface area (Å²) in [6.45, 7) is 3.02. The summed E-state index contributed by atoms with van der Waals surface area (Å²) < 4.78 is 0. The number of aliphatic carboxylic acids is 1. The number of piperidine rings is 1. The Labute approximate surface area is 115 Å². The van der Waals surface area contributed by atoms with Crippen molar-refractivity contribution in [3.8, 4) is 0 Å². The number of carboxylic acids is 1. The third-order valence-corrected chi connectivity index (χ3v) is 6.04. The van der Waals surface area contributed by atoms with Gasteiger partial charge in [-0.15, -0.1) is 0 Å². The van der Waals surface area contributed by atoms with Crippen molar-refractivity contribution in [2.75, 3.05) is 13.6 Å². The molecule has 0 aromatic rings. The molecule has 108 valence electrons. The highest BCUT2D eigenvalue weighted by Crippen LogP contribution is 2.42. The Morgan fingerprint density at radius 2 is 1.89 bits per heavy atom. The van der Waals surface area contributed by atoms with Crippen molar-refractivity contribution in [1.82, 2.24) is 9.80 Å². The monoisotopic (exact) mass is 266 g/mol. The minimum absolute atomic E-state index is 0.493. The smallest absolute Gasteiger partial charge is 0.324 e. The molecule has 19 heavy (non-hydrogen) atoms. The van der Waals surface area contributed by atoms with Crippen LogP contribution in [-0.4, -0.2) is 58.1 Å². The lowest BCUT2D eigenvalue weighted by Crippen LogP contribution is -2.58. The molecular weight excluding hydrogens is 240 g/mol. The zero-order valence-electron chi connectivity index (χ0n) is 12.1. The van der Waals surface area contributed by atoms with E-state index in [1.165, 1.54) is 25.7 Å². The zero-order chi connectivity index (χ0) is 13.6. The van der Waals surface area contributed by atoms with E-state index < -0.39 is 11.5 Å². The molecule has 3 fully saturated rings. The number of nitrogens with zero attached hydrogens (tertiary/aromatic N) is 2. The van der Waals surface area contributed by atoms with E-state index in [0.717, 1.165) is 25.8 Å². The first-order valence-corrected chi connectivity index (χ1v) is 7.80. The maximum Gasteiger partial charge on any atom is 0.324 e. The van der Waals surface area contributed by atoms with Crippen molar-refractivity contribution < 1.29 is 9.90 Å². The number of fused-ring (bicyclic) bond motifs is 2. The van der Waals surface area contributed by atoms with Crippen LogP contribution in [0.1, 0.15) is 51.9 Å². The molecule has 0 radical (unpaired) electrons. The number of likely N-dealkylation sites (tertiary alicyclic amines) is 1. The van der Waals surface area contributed by atoms with E-state index in [9.17, 15) is 9.90 Å². The summed E-state index contributed by atoms with van der Waals surface area (Å²) in [5.74, 6) is -0.598. The Morgan fingerprint density at radius 1 is 1.26 bits per heavy atom. The third-order valence-electron chi connectivity index (χ3n) is 6.04. The standard InChI is InChI=1S/C15H26N2O2/c1-3-15(14(18)19)7-4-8-17(15)13-9-11-5-6-12(10-13)16(11)2/h11-13H,3-10H2,1-2H3,(H,18,19). The van der Waals surface area contributed by atoms with Gasteiger partial charge in [0, 0.05) is 18.1 Å². The highest BCUT2D eigenvalue weighted by molar-refractivity contribution is 5.79. The van der Waals surface area contributed by atoms with Crippen molar-refractivity contribution in [1.29, 1.82) is 0 Å². The molecule has 0 saturated carbocycles. The van der Waals surface area contributed by atoms with Crippen LogP contribution in [0.5, 0.6) is 0 Å². The van der Waals surface area contributed by atoms with Crippen LogP contribution < -0.4 is 0 Å². The van der Waals surface area contributed by atoms with E-state index in [1.807, 2.05) is 6.92 Å². The predicted molar refractivity (Wildman–Crippen MR) is 74.2 cm³/mol. The summed E-state index contributed by atoms with van der Waals surface area (Å²) in [4.78, 5) is 16.7. The van der Waals surface area contributed by atoms with Gasteiger partial charge in [0.05, 0.1) is 0 Å². The van der Waals surface area contributed by atoms with Crippen LogP contribution in [0.15, 0.2) is 0 Å². The van der Waals surface area contributed by atoms with Gasteiger partial charge in [-0.2, -0.15) is 0 Å². The fourth-order valence-corrected chi connectivity index (χ4v) is 4.83. The van der Waals surface area contributed by atoms with E-state index in [2.05, 4.69) is 16.8 Å². The molecule has 4 heteroatoms. The van der Waals surface area contributed by atoms with E-state index >= 15 is 0 Å². The summed E-state index contributed by atoms with van der Waals surface area (Å²) in [7, 11) is 2.24. The summed E-state index contributed by atoms with van der Waals surface area (Å²) in [5.41, 5.74) is -0.569. The fourth-order valence-electron chi connectivity index (χ4n) is 4.83. The maximum atomic E-state index is 11.8. The molecule has 0 aromatic heterocycles.